The van der Waals surface area contributed by atoms with E-state index in [-0.39, 0.29) is 17.9 Å². The molecule has 3 unspecified atom stereocenters. The van der Waals surface area contributed by atoms with Crippen LogP contribution in [0.25, 0.3) is 0 Å². The second-order valence-electron chi connectivity index (χ2n) is 7.01. The Morgan fingerprint density at radius 3 is 2.57 bits per heavy atom. The first-order valence-corrected chi connectivity index (χ1v) is 8.53. The number of amides is 1. The first kappa shape index (κ1) is 17.8. The third kappa shape index (κ3) is 4.25. The number of ether oxygens (including phenoxy) is 1. The molecule has 0 radical (unpaired) electrons. The highest BCUT2D eigenvalue weighted by atomic mass is 16.5. The van der Waals surface area contributed by atoms with E-state index in [0.717, 1.165) is 17.7 Å². The van der Waals surface area contributed by atoms with E-state index in [1.807, 2.05) is 24.0 Å². The quantitative estimate of drug-likeness (QED) is 0.907. The van der Waals surface area contributed by atoms with Crippen molar-refractivity contribution in [1.29, 1.82) is 0 Å². The summed E-state index contributed by atoms with van der Waals surface area (Å²) < 4.78 is 5.95. The number of carbonyl (C=O) groups excluding carboxylic acids is 1. The SMILES string of the molecule is Cc1ccc(C(C)C)cc1OC(C)C(=O)N1CCC(C(C)O)C1. The molecule has 1 saturated heterocycles. The van der Waals surface area contributed by atoms with Crippen LogP contribution in [0.1, 0.15) is 51.2 Å². The molecule has 1 N–H and O–H groups in total. The van der Waals surface area contributed by atoms with Crippen molar-refractivity contribution in [3.05, 3.63) is 29.3 Å². The van der Waals surface area contributed by atoms with Crippen LogP contribution in [0.4, 0.5) is 0 Å². The largest absolute Gasteiger partial charge is 0.481 e. The fraction of sp³-hybridized carbons (Fsp3) is 0.632. The van der Waals surface area contributed by atoms with Gasteiger partial charge in [0.05, 0.1) is 6.10 Å². The van der Waals surface area contributed by atoms with E-state index in [1.165, 1.54) is 5.56 Å². The first-order valence-electron chi connectivity index (χ1n) is 8.53. The van der Waals surface area contributed by atoms with E-state index < -0.39 is 6.10 Å². The van der Waals surface area contributed by atoms with Gasteiger partial charge >= 0.3 is 0 Å². The Labute approximate surface area is 139 Å². The van der Waals surface area contributed by atoms with Gasteiger partial charge in [-0.05, 0) is 50.3 Å². The molecule has 4 nitrogen and oxygen atoms in total. The van der Waals surface area contributed by atoms with Crippen LogP contribution in [-0.2, 0) is 4.79 Å². The van der Waals surface area contributed by atoms with Gasteiger partial charge in [-0.15, -0.1) is 0 Å². The highest BCUT2D eigenvalue weighted by molar-refractivity contribution is 5.81. The number of likely N-dealkylation sites (tertiary alicyclic amines) is 1. The summed E-state index contributed by atoms with van der Waals surface area (Å²) in [5.74, 6) is 1.39. The Morgan fingerprint density at radius 2 is 2.00 bits per heavy atom. The number of hydrogen-bond donors (Lipinski definition) is 1. The van der Waals surface area contributed by atoms with E-state index in [4.69, 9.17) is 4.74 Å². The van der Waals surface area contributed by atoms with Gasteiger partial charge in [-0.25, -0.2) is 0 Å². The molecular weight excluding hydrogens is 290 g/mol. The Morgan fingerprint density at radius 1 is 1.30 bits per heavy atom. The number of aryl methyl sites for hydroxylation is 1. The van der Waals surface area contributed by atoms with Crippen molar-refractivity contribution in [3.63, 3.8) is 0 Å². The number of aliphatic hydroxyl groups is 1. The number of benzene rings is 1. The van der Waals surface area contributed by atoms with Crippen LogP contribution in [0.15, 0.2) is 18.2 Å². The van der Waals surface area contributed by atoms with E-state index in [9.17, 15) is 9.90 Å². The zero-order valence-electron chi connectivity index (χ0n) is 14.9. The molecule has 0 bridgehead atoms. The summed E-state index contributed by atoms with van der Waals surface area (Å²) in [6, 6.07) is 6.18. The molecule has 1 aromatic rings. The topological polar surface area (TPSA) is 49.8 Å². The molecule has 0 saturated carbocycles. The molecule has 4 heteroatoms. The van der Waals surface area contributed by atoms with E-state index in [1.54, 1.807) is 13.8 Å². The number of nitrogens with zero attached hydrogens (tertiary/aromatic N) is 1. The third-order valence-corrected chi connectivity index (χ3v) is 4.75. The molecule has 1 heterocycles. The minimum absolute atomic E-state index is 0.00231. The molecule has 2 rings (SSSR count). The average molecular weight is 319 g/mol. The Balaban J connectivity index is 2.03. The molecular formula is C19H29NO3. The van der Waals surface area contributed by atoms with Crippen LogP contribution >= 0.6 is 0 Å². The van der Waals surface area contributed by atoms with Crippen LogP contribution in [-0.4, -0.2) is 41.2 Å². The Bertz CT molecular complexity index is 554. The summed E-state index contributed by atoms with van der Waals surface area (Å²) in [6.07, 6.45) is -0.0179. The van der Waals surface area contributed by atoms with Crippen molar-refractivity contribution in [1.82, 2.24) is 4.90 Å². The third-order valence-electron chi connectivity index (χ3n) is 4.75. The van der Waals surface area contributed by atoms with E-state index in [2.05, 4.69) is 19.9 Å². The van der Waals surface area contributed by atoms with Crippen molar-refractivity contribution in [3.8, 4) is 5.75 Å². The molecule has 1 fully saturated rings. The van der Waals surface area contributed by atoms with Crippen LogP contribution in [0.5, 0.6) is 5.75 Å². The van der Waals surface area contributed by atoms with Gasteiger partial charge in [0.25, 0.3) is 5.91 Å². The first-order chi connectivity index (χ1) is 10.8. The number of hydrogen-bond acceptors (Lipinski definition) is 3. The minimum atomic E-state index is -0.510. The van der Waals surface area contributed by atoms with Gasteiger partial charge < -0.3 is 14.7 Å². The number of carbonyl (C=O) groups is 1. The van der Waals surface area contributed by atoms with Gasteiger partial charge in [-0.3, -0.25) is 4.79 Å². The fourth-order valence-electron chi connectivity index (χ4n) is 2.98. The lowest BCUT2D eigenvalue weighted by Gasteiger charge is -2.23. The normalized spacial score (nSPS) is 20.7. The molecule has 1 aliphatic heterocycles. The molecule has 3 atom stereocenters. The van der Waals surface area contributed by atoms with Crippen molar-refractivity contribution in [2.75, 3.05) is 13.1 Å². The molecule has 1 aromatic carbocycles. The van der Waals surface area contributed by atoms with Crippen LogP contribution < -0.4 is 4.74 Å². The van der Waals surface area contributed by atoms with Crippen molar-refractivity contribution in [2.24, 2.45) is 5.92 Å². The average Bonchev–Trinajstić information content (AvgIpc) is 2.98. The zero-order valence-corrected chi connectivity index (χ0v) is 14.9. The van der Waals surface area contributed by atoms with Crippen LogP contribution in [0.3, 0.4) is 0 Å². The zero-order chi connectivity index (χ0) is 17.1. The minimum Gasteiger partial charge on any atom is -0.481 e. The van der Waals surface area contributed by atoms with Crippen molar-refractivity contribution < 1.29 is 14.6 Å². The fourth-order valence-corrected chi connectivity index (χ4v) is 2.98. The van der Waals surface area contributed by atoms with Gasteiger partial charge in [0.1, 0.15) is 5.75 Å². The predicted molar refractivity (Wildman–Crippen MR) is 91.7 cm³/mol. The summed E-state index contributed by atoms with van der Waals surface area (Å²) >= 11 is 0. The van der Waals surface area contributed by atoms with E-state index >= 15 is 0 Å². The molecule has 23 heavy (non-hydrogen) atoms. The lowest BCUT2D eigenvalue weighted by Crippen LogP contribution is -2.39. The number of aliphatic hydroxyl groups excluding tert-OH is 1. The molecule has 128 valence electrons. The monoisotopic (exact) mass is 319 g/mol. The lowest BCUT2D eigenvalue weighted by atomic mass is 10.0. The highest BCUT2D eigenvalue weighted by Gasteiger charge is 2.32. The summed E-state index contributed by atoms with van der Waals surface area (Å²) in [5.41, 5.74) is 2.25. The Kier molecular flexibility index (Phi) is 5.69. The maximum atomic E-state index is 12.6. The van der Waals surface area contributed by atoms with E-state index in [0.29, 0.717) is 19.0 Å². The second kappa shape index (κ2) is 7.35. The maximum absolute atomic E-state index is 12.6. The van der Waals surface area contributed by atoms with Crippen molar-refractivity contribution >= 4 is 5.91 Å². The standard InChI is InChI=1S/C19H29NO3/c1-12(2)16-7-6-13(3)18(10-16)23-15(5)19(22)20-9-8-17(11-20)14(4)21/h6-7,10,12,14-15,17,21H,8-9,11H2,1-5H3. The van der Waals surface area contributed by atoms with Gasteiger partial charge in [0.15, 0.2) is 6.10 Å². The molecule has 1 aliphatic rings. The van der Waals surface area contributed by atoms with Gasteiger partial charge in [0.2, 0.25) is 0 Å². The van der Waals surface area contributed by atoms with Gasteiger partial charge in [-0.2, -0.15) is 0 Å². The summed E-state index contributed by atoms with van der Waals surface area (Å²) in [7, 11) is 0. The van der Waals surface area contributed by atoms with Crippen LogP contribution in [0, 0.1) is 12.8 Å². The van der Waals surface area contributed by atoms with Crippen LogP contribution in [0.2, 0.25) is 0 Å². The molecule has 0 spiro atoms. The number of rotatable bonds is 5. The lowest BCUT2D eigenvalue weighted by molar-refractivity contribution is -0.137. The van der Waals surface area contributed by atoms with Crippen molar-refractivity contribution in [2.45, 2.75) is 59.2 Å². The second-order valence-corrected chi connectivity index (χ2v) is 7.01. The highest BCUT2D eigenvalue weighted by Crippen LogP contribution is 2.26. The summed E-state index contributed by atoms with van der Waals surface area (Å²) in [4.78, 5) is 14.4. The maximum Gasteiger partial charge on any atom is 0.263 e. The molecule has 1 amide bonds. The Hall–Kier alpha value is -1.55. The smallest absolute Gasteiger partial charge is 0.263 e. The molecule has 0 aliphatic carbocycles. The van der Waals surface area contributed by atoms with Gasteiger partial charge in [-0.1, -0.05) is 26.0 Å². The van der Waals surface area contributed by atoms with Gasteiger partial charge in [0, 0.05) is 19.0 Å². The summed E-state index contributed by atoms with van der Waals surface area (Å²) in [5, 5.41) is 9.68. The summed E-state index contributed by atoms with van der Waals surface area (Å²) in [6.45, 7) is 11.2. The predicted octanol–water partition coefficient (Wildman–Crippen LogP) is 3.12. The molecule has 0 aromatic heterocycles.